The van der Waals surface area contributed by atoms with E-state index in [4.69, 9.17) is 0 Å². The molecule has 25 heavy (non-hydrogen) atoms. The number of anilines is 2. The molecule has 0 spiro atoms. The maximum atomic E-state index is 13.2. The molecule has 2 rings (SSSR count). The molecule has 0 unspecified atom stereocenters. The summed E-state index contributed by atoms with van der Waals surface area (Å²) in [5.41, 5.74) is 0.461. The fourth-order valence-corrected chi connectivity index (χ4v) is 1.83. The Morgan fingerprint density at radius 2 is 1.60 bits per heavy atom. The minimum atomic E-state index is -0.707. The number of nitrogens with one attached hydrogen (secondary N) is 1. The Morgan fingerprint density at radius 1 is 1.04 bits per heavy atom. The van der Waals surface area contributed by atoms with E-state index in [1.54, 1.807) is 7.05 Å². The predicted octanol–water partition coefficient (Wildman–Crippen LogP) is 3.58. The van der Waals surface area contributed by atoms with Crippen LogP contribution in [0.15, 0.2) is 36.4 Å². The summed E-state index contributed by atoms with van der Waals surface area (Å²) in [5.74, 6) is -2.97. The van der Waals surface area contributed by atoms with Crippen molar-refractivity contribution in [2.24, 2.45) is 0 Å². The highest BCUT2D eigenvalue weighted by atomic mass is 19.1. The number of likely N-dealkylation sites (N-methyl/N-ethyl adjacent to an activating group) is 1. The summed E-state index contributed by atoms with van der Waals surface area (Å²) in [7, 11) is 4.35. The molecule has 0 bridgehead atoms. The first-order valence-corrected chi connectivity index (χ1v) is 7.14. The van der Waals surface area contributed by atoms with Crippen LogP contribution in [0.4, 0.5) is 28.9 Å². The Bertz CT molecular complexity index is 726. The van der Waals surface area contributed by atoms with Gasteiger partial charge in [0.2, 0.25) is 0 Å². The van der Waals surface area contributed by atoms with Crippen molar-refractivity contribution in [3.8, 4) is 0 Å². The topological polar surface area (TPSA) is 41.6 Å². The molecule has 0 aliphatic rings. The summed E-state index contributed by atoms with van der Waals surface area (Å²) in [6, 6.07) is 6.56. The normalized spacial score (nSPS) is 9.72. The van der Waals surface area contributed by atoms with Gasteiger partial charge in [0.25, 0.3) is 0 Å². The highest BCUT2D eigenvalue weighted by Gasteiger charge is 2.11. The Kier molecular flexibility index (Phi) is 7.71. The standard InChI is InChI=1S/C10H11F2NO2.C7H7F2N/c1-13(6-10(14)15-2)9-4-3-7(11)5-8(9)12;1-10-7-3-2-5(8)4-6(7)9/h3-5H,6H2,1-2H3;2-4,10H,1H3. The van der Waals surface area contributed by atoms with Gasteiger partial charge < -0.3 is 15.0 Å². The number of methoxy groups -OCH3 is 1. The van der Waals surface area contributed by atoms with E-state index in [1.807, 2.05) is 0 Å². The van der Waals surface area contributed by atoms with E-state index in [2.05, 4.69) is 10.1 Å². The lowest BCUT2D eigenvalue weighted by atomic mass is 10.2. The third-order valence-electron chi connectivity index (χ3n) is 3.12. The zero-order valence-electron chi connectivity index (χ0n) is 13.9. The number of carbonyl (C=O) groups excluding carboxylic acids is 1. The molecule has 8 heteroatoms. The van der Waals surface area contributed by atoms with Gasteiger partial charge in [0.1, 0.15) is 29.8 Å². The first kappa shape index (κ1) is 20.3. The van der Waals surface area contributed by atoms with Crippen molar-refractivity contribution in [2.45, 2.75) is 0 Å². The number of hydrogen-bond acceptors (Lipinski definition) is 4. The zero-order valence-corrected chi connectivity index (χ0v) is 13.9. The molecule has 0 aromatic heterocycles. The van der Waals surface area contributed by atoms with Crippen LogP contribution in [0.1, 0.15) is 0 Å². The van der Waals surface area contributed by atoms with E-state index in [-0.39, 0.29) is 12.2 Å². The number of nitrogens with zero attached hydrogens (tertiary/aromatic N) is 1. The van der Waals surface area contributed by atoms with E-state index < -0.39 is 29.2 Å². The number of carbonyl (C=O) groups is 1. The van der Waals surface area contributed by atoms with Crippen molar-refractivity contribution in [1.29, 1.82) is 0 Å². The number of halogens is 4. The first-order chi connectivity index (χ1) is 11.8. The molecule has 0 radical (unpaired) electrons. The van der Waals surface area contributed by atoms with Crippen LogP contribution in [0, 0.1) is 23.3 Å². The van der Waals surface area contributed by atoms with E-state index in [9.17, 15) is 22.4 Å². The van der Waals surface area contributed by atoms with Crippen LogP contribution in [0.2, 0.25) is 0 Å². The van der Waals surface area contributed by atoms with E-state index in [0.717, 1.165) is 18.2 Å². The van der Waals surface area contributed by atoms with Crippen molar-refractivity contribution < 1.29 is 27.1 Å². The first-order valence-electron chi connectivity index (χ1n) is 7.14. The van der Waals surface area contributed by atoms with Crippen LogP contribution in [0.3, 0.4) is 0 Å². The molecule has 2 aromatic rings. The van der Waals surface area contributed by atoms with E-state index in [0.29, 0.717) is 5.69 Å². The third kappa shape index (κ3) is 6.33. The molecular formula is C17H18F4N2O2. The zero-order chi connectivity index (χ0) is 19.0. The number of benzene rings is 2. The molecular weight excluding hydrogens is 340 g/mol. The Morgan fingerprint density at radius 3 is 2.08 bits per heavy atom. The van der Waals surface area contributed by atoms with Crippen molar-refractivity contribution in [1.82, 2.24) is 0 Å². The summed E-state index contributed by atoms with van der Waals surface area (Å²) >= 11 is 0. The molecule has 2 aromatic carbocycles. The largest absolute Gasteiger partial charge is 0.468 e. The average molecular weight is 358 g/mol. The smallest absolute Gasteiger partial charge is 0.325 e. The SMILES string of the molecule is CNc1ccc(F)cc1F.COC(=O)CN(C)c1ccc(F)cc1F. The second-order valence-corrected chi connectivity index (χ2v) is 4.90. The quantitative estimate of drug-likeness (QED) is 0.670. The van der Waals surface area contributed by atoms with Gasteiger partial charge in [-0.1, -0.05) is 0 Å². The van der Waals surface area contributed by atoms with Crippen molar-refractivity contribution in [3.63, 3.8) is 0 Å². The van der Waals surface area contributed by atoms with Crippen molar-refractivity contribution in [2.75, 3.05) is 38.0 Å². The molecule has 0 aliphatic heterocycles. The summed E-state index contributed by atoms with van der Waals surface area (Å²) in [6.45, 7) is -0.0843. The lowest BCUT2D eigenvalue weighted by molar-refractivity contribution is -0.138. The van der Waals surface area contributed by atoms with Crippen LogP contribution in [0.25, 0.3) is 0 Å². The lowest BCUT2D eigenvalue weighted by Crippen LogP contribution is -2.27. The molecule has 0 amide bonds. The fraction of sp³-hybridized carbons (Fsp3) is 0.235. The van der Waals surface area contributed by atoms with Gasteiger partial charge in [-0.15, -0.1) is 0 Å². The maximum Gasteiger partial charge on any atom is 0.325 e. The Labute approximate surface area is 143 Å². The highest BCUT2D eigenvalue weighted by Crippen LogP contribution is 2.18. The molecule has 0 fully saturated rings. The molecule has 0 saturated carbocycles. The van der Waals surface area contributed by atoms with Gasteiger partial charge >= 0.3 is 5.97 Å². The van der Waals surface area contributed by atoms with Gasteiger partial charge in [-0.2, -0.15) is 0 Å². The van der Waals surface area contributed by atoms with Gasteiger partial charge in [-0.25, -0.2) is 17.6 Å². The predicted molar refractivity (Wildman–Crippen MR) is 87.5 cm³/mol. The summed E-state index contributed by atoms with van der Waals surface area (Å²) < 4.78 is 55.0. The number of rotatable bonds is 4. The van der Waals surface area contributed by atoms with Crippen molar-refractivity contribution in [3.05, 3.63) is 59.7 Å². The van der Waals surface area contributed by atoms with Crippen LogP contribution in [-0.4, -0.2) is 33.7 Å². The van der Waals surface area contributed by atoms with Crippen LogP contribution in [0.5, 0.6) is 0 Å². The second-order valence-electron chi connectivity index (χ2n) is 4.90. The molecule has 136 valence electrons. The van der Waals surface area contributed by atoms with Crippen molar-refractivity contribution >= 4 is 17.3 Å². The molecule has 0 heterocycles. The minimum Gasteiger partial charge on any atom is -0.468 e. The van der Waals surface area contributed by atoms with E-state index >= 15 is 0 Å². The number of esters is 1. The van der Waals surface area contributed by atoms with Gasteiger partial charge in [0.05, 0.1) is 18.5 Å². The van der Waals surface area contributed by atoms with Gasteiger partial charge in [-0.05, 0) is 24.3 Å². The second kappa shape index (κ2) is 9.51. The van der Waals surface area contributed by atoms with Crippen LogP contribution in [-0.2, 0) is 9.53 Å². The van der Waals surface area contributed by atoms with E-state index in [1.165, 1.54) is 37.3 Å². The minimum absolute atomic E-state index is 0.0843. The van der Waals surface area contributed by atoms with Crippen LogP contribution >= 0.6 is 0 Å². The summed E-state index contributed by atoms with van der Waals surface area (Å²) in [5, 5.41) is 2.58. The maximum absolute atomic E-state index is 13.2. The Balaban J connectivity index is 0.000000271. The van der Waals surface area contributed by atoms with Crippen LogP contribution < -0.4 is 10.2 Å². The third-order valence-corrected chi connectivity index (χ3v) is 3.12. The van der Waals surface area contributed by atoms with Gasteiger partial charge in [0.15, 0.2) is 0 Å². The molecule has 0 atom stereocenters. The molecule has 0 aliphatic carbocycles. The number of hydrogen-bond donors (Lipinski definition) is 1. The monoisotopic (exact) mass is 358 g/mol. The Hall–Kier alpha value is -2.77. The highest BCUT2D eigenvalue weighted by molar-refractivity contribution is 5.75. The fourth-order valence-electron chi connectivity index (χ4n) is 1.83. The van der Waals surface area contributed by atoms with Gasteiger partial charge in [-0.3, -0.25) is 4.79 Å². The number of ether oxygens (including phenoxy) is 1. The summed E-state index contributed by atoms with van der Waals surface area (Å²) in [4.78, 5) is 12.3. The average Bonchev–Trinajstić information content (AvgIpc) is 2.55. The molecule has 4 nitrogen and oxygen atoms in total. The molecule has 0 saturated heterocycles. The van der Waals surface area contributed by atoms with Gasteiger partial charge in [0, 0.05) is 26.2 Å². The summed E-state index contributed by atoms with van der Waals surface area (Å²) in [6.07, 6.45) is 0. The molecule has 1 N–H and O–H groups in total. The lowest BCUT2D eigenvalue weighted by Gasteiger charge is -2.18.